The minimum absolute atomic E-state index is 0.100. The summed E-state index contributed by atoms with van der Waals surface area (Å²) in [4.78, 5) is 22.5. The molecule has 0 fully saturated rings. The zero-order valence-electron chi connectivity index (χ0n) is 13.6. The molecule has 0 aromatic heterocycles. The van der Waals surface area contributed by atoms with Gasteiger partial charge in [-0.15, -0.1) is 0 Å². The molecule has 0 bridgehead atoms. The lowest BCUT2D eigenvalue weighted by atomic mass is 10.1. The summed E-state index contributed by atoms with van der Waals surface area (Å²) in [5, 5.41) is 11.4. The van der Waals surface area contributed by atoms with Gasteiger partial charge in [0, 0.05) is 18.5 Å². The molecule has 24 heavy (non-hydrogen) atoms. The Balaban J connectivity index is 1.79. The fraction of sp³-hybridized carbons (Fsp3) is 0.263. The number of aliphatic carboxylic acids is 1. The lowest BCUT2D eigenvalue weighted by Crippen LogP contribution is -2.22. The summed E-state index contributed by atoms with van der Waals surface area (Å²) in [6.45, 7) is 2.76. The molecule has 0 spiro atoms. The van der Waals surface area contributed by atoms with E-state index < -0.39 is 5.97 Å². The van der Waals surface area contributed by atoms with Crippen molar-refractivity contribution in [1.82, 2.24) is 5.32 Å². The molecule has 2 rings (SSSR count). The molecule has 2 N–H and O–H groups in total. The summed E-state index contributed by atoms with van der Waals surface area (Å²) in [6.07, 6.45) is 0.576. The molecule has 2 aromatic rings. The summed E-state index contributed by atoms with van der Waals surface area (Å²) >= 11 is 0. The zero-order valence-corrected chi connectivity index (χ0v) is 13.6. The van der Waals surface area contributed by atoms with Crippen LogP contribution in [0.2, 0.25) is 0 Å². The summed E-state index contributed by atoms with van der Waals surface area (Å²) in [5.41, 5.74) is 2.66. The number of nitrogens with one attached hydrogen (secondary N) is 1. The predicted molar refractivity (Wildman–Crippen MR) is 91.2 cm³/mol. The van der Waals surface area contributed by atoms with Crippen LogP contribution in [0.15, 0.2) is 48.5 Å². The second kappa shape index (κ2) is 8.72. The number of ether oxygens (including phenoxy) is 1. The van der Waals surface area contributed by atoms with Crippen LogP contribution in [-0.2, 0) is 11.3 Å². The highest BCUT2D eigenvalue weighted by Crippen LogP contribution is 2.13. The summed E-state index contributed by atoms with van der Waals surface area (Å²) in [5.74, 6) is -0.236. The Kier molecular flexibility index (Phi) is 6.37. The standard InChI is InChI=1S/C19H21NO4/c1-14-4-2-5-16(12-14)19(23)20-13-15-7-9-17(10-8-15)24-11-3-6-18(21)22/h2,4-5,7-10,12H,3,6,11,13H2,1H3,(H,20,23)(H,21,22). The highest BCUT2D eigenvalue weighted by Gasteiger charge is 2.05. The van der Waals surface area contributed by atoms with Crippen LogP contribution < -0.4 is 10.1 Å². The van der Waals surface area contributed by atoms with Gasteiger partial charge in [-0.2, -0.15) is 0 Å². The molecule has 5 heteroatoms. The van der Waals surface area contributed by atoms with Crippen molar-refractivity contribution in [2.24, 2.45) is 0 Å². The molecule has 0 radical (unpaired) electrons. The van der Waals surface area contributed by atoms with Crippen LogP contribution in [0.5, 0.6) is 5.75 Å². The zero-order chi connectivity index (χ0) is 17.4. The minimum atomic E-state index is -0.821. The Hall–Kier alpha value is -2.82. The van der Waals surface area contributed by atoms with Crippen molar-refractivity contribution in [3.63, 3.8) is 0 Å². The van der Waals surface area contributed by atoms with Gasteiger partial charge < -0.3 is 15.2 Å². The lowest BCUT2D eigenvalue weighted by Gasteiger charge is -2.08. The van der Waals surface area contributed by atoms with Crippen molar-refractivity contribution in [3.05, 3.63) is 65.2 Å². The van der Waals surface area contributed by atoms with Gasteiger partial charge in [0.2, 0.25) is 0 Å². The van der Waals surface area contributed by atoms with E-state index in [-0.39, 0.29) is 12.3 Å². The van der Waals surface area contributed by atoms with Crippen molar-refractivity contribution in [2.45, 2.75) is 26.3 Å². The quantitative estimate of drug-likeness (QED) is 0.730. The molecule has 0 aliphatic heterocycles. The molecule has 5 nitrogen and oxygen atoms in total. The maximum absolute atomic E-state index is 12.1. The molecule has 0 heterocycles. The molecular weight excluding hydrogens is 306 g/mol. The van der Waals surface area contributed by atoms with E-state index in [0.717, 1.165) is 11.1 Å². The van der Waals surface area contributed by atoms with E-state index in [1.54, 1.807) is 6.07 Å². The third-order valence-corrected chi connectivity index (χ3v) is 3.46. The van der Waals surface area contributed by atoms with Gasteiger partial charge in [-0.25, -0.2) is 0 Å². The number of aryl methyl sites for hydroxylation is 1. The van der Waals surface area contributed by atoms with Gasteiger partial charge in [0.25, 0.3) is 5.91 Å². The molecule has 0 aliphatic rings. The second-order valence-corrected chi connectivity index (χ2v) is 5.54. The third-order valence-electron chi connectivity index (χ3n) is 3.46. The molecule has 0 atom stereocenters. The Morgan fingerprint density at radius 1 is 1.12 bits per heavy atom. The van der Waals surface area contributed by atoms with E-state index in [4.69, 9.17) is 9.84 Å². The van der Waals surface area contributed by atoms with Crippen LogP contribution in [0, 0.1) is 6.92 Å². The van der Waals surface area contributed by atoms with Crippen LogP contribution in [0.4, 0.5) is 0 Å². The number of rotatable bonds is 8. The highest BCUT2D eigenvalue weighted by molar-refractivity contribution is 5.94. The van der Waals surface area contributed by atoms with E-state index in [2.05, 4.69) is 5.32 Å². The van der Waals surface area contributed by atoms with Gasteiger partial charge >= 0.3 is 5.97 Å². The Morgan fingerprint density at radius 2 is 1.88 bits per heavy atom. The van der Waals surface area contributed by atoms with E-state index in [1.807, 2.05) is 49.4 Å². The fourth-order valence-corrected chi connectivity index (χ4v) is 2.19. The Bertz CT molecular complexity index is 695. The third kappa shape index (κ3) is 5.76. The van der Waals surface area contributed by atoms with Crippen molar-refractivity contribution < 1.29 is 19.4 Å². The molecule has 0 saturated carbocycles. The normalized spacial score (nSPS) is 10.2. The fourth-order valence-electron chi connectivity index (χ4n) is 2.19. The number of carboxylic acid groups (broad SMARTS) is 1. The highest BCUT2D eigenvalue weighted by atomic mass is 16.5. The number of amides is 1. The van der Waals surface area contributed by atoms with Gasteiger partial charge in [-0.05, 0) is 43.2 Å². The van der Waals surface area contributed by atoms with Gasteiger partial charge in [-0.3, -0.25) is 9.59 Å². The first kappa shape index (κ1) is 17.5. The summed E-state index contributed by atoms with van der Waals surface area (Å²) in [7, 11) is 0. The SMILES string of the molecule is Cc1cccc(C(=O)NCc2ccc(OCCCC(=O)O)cc2)c1. The smallest absolute Gasteiger partial charge is 0.303 e. The topological polar surface area (TPSA) is 75.6 Å². The van der Waals surface area contributed by atoms with E-state index >= 15 is 0 Å². The Morgan fingerprint density at radius 3 is 2.54 bits per heavy atom. The number of carboxylic acids is 1. The van der Waals surface area contributed by atoms with Gasteiger partial charge in [0.05, 0.1) is 6.61 Å². The lowest BCUT2D eigenvalue weighted by molar-refractivity contribution is -0.137. The van der Waals surface area contributed by atoms with Crippen molar-refractivity contribution >= 4 is 11.9 Å². The van der Waals surface area contributed by atoms with Gasteiger partial charge in [0.1, 0.15) is 5.75 Å². The van der Waals surface area contributed by atoms with Crippen LogP contribution in [0.3, 0.4) is 0 Å². The number of hydrogen-bond donors (Lipinski definition) is 2. The number of carbonyl (C=O) groups excluding carboxylic acids is 1. The van der Waals surface area contributed by atoms with Crippen LogP contribution >= 0.6 is 0 Å². The average molecular weight is 327 g/mol. The summed E-state index contributed by atoms with van der Waals surface area (Å²) in [6, 6.07) is 14.8. The van der Waals surface area contributed by atoms with Crippen molar-refractivity contribution in [2.75, 3.05) is 6.61 Å². The van der Waals surface area contributed by atoms with Gasteiger partial charge in [0.15, 0.2) is 0 Å². The van der Waals surface area contributed by atoms with E-state index in [1.165, 1.54) is 0 Å². The van der Waals surface area contributed by atoms with Gasteiger partial charge in [-0.1, -0.05) is 29.8 Å². The van der Waals surface area contributed by atoms with E-state index in [9.17, 15) is 9.59 Å². The molecule has 2 aromatic carbocycles. The molecule has 0 unspecified atom stereocenters. The molecule has 1 amide bonds. The maximum atomic E-state index is 12.1. The first-order chi connectivity index (χ1) is 11.5. The molecule has 126 valence electrons. The Labute approximate surface area is 141 Å². The number of hydrogen-bond acceptors (Lipinski definition) is 3. The number of benzene rings is 2. The number of carbonyl (C=O) groups is 2. The van der Waals surface area contributed by atoms with Crippen LogP contribution in [-0.4, -0.2) is 23.6 Å². The minimum Gasteiger partial charge on any atom is -0.494 e. The second-order valence-electron chi connectivity index (χ2n) is 5.54. The average Bonchev–Trinajstić information content (AvgIpc) is 2.57. The first-order valence-electron chi connectivity index (χ1n) is 7.83. The molecule has 0 aliphatic carbocycles. The van der Waals surface area contributed by atoms with E-state index in [0.29, 0.717) is 30.9 Å². The maximum Gasteiger partial charge on any atom is 0.303 e. The van der Waals surface area contributed by atoms with Crippen LogP contribution in [0.25, 0.3) is 0 Å². The molecular formula is C19H21NO4. The monoisotopic (exact) mass is 327 g/mol. The van der Waals surface area contributed by atoms with Crippen molar-refractivity contribution in [1.29, 1.82) is 0 Å². The van der Waals surface area contributed by atoms with Crippen LogP contribution in [0.1, 0.15) is 34.3 Å². The van der Waals surface area contributed by atoms with Crippen molar-refractivity contribution in [3.8, 4) is 5.75 Å². The summed E-state index contributed by atoms with van der Waals surface area (Å²) < 4.78 is 5.47. The molecule has 0 saturated heterocycles. The first-order valence-corrected chi connectivity index (χ1v) is 7.83. The predicted octanol–water partition coefficient (Wildman–Crippen LogP) is 3.17. The largest absolute Gasteiger partial charge is 0.494 e.